The van der Waals surface area contributed by atoms with Gasteiger partial charge in [-0.2, -0.15) is 0 Å². The second kappa shape index (κ2) is 6.35. The third-order valence-electron chi connectivity index (χ3n) is 2.96. The van der Waals surface area contributed by atoms with Crippen LogP contribution < -0.4 is 5.32 Å². The molecule has 4 nitrogen and oxygen atoms in total. The minimum atomic E-state index is -3.07. The van der Waals surface area contributed by atoms with Gasteiger partial charge >= 0.3 is 0 Å². The molecule has 0 aliphatic rings. The quantitative estimate of drug-likeness (QED) is 0.745. The first-order valence-electron chi connectivity index (χ1n) is 6.55. The van der Waals surface area contributed by atoms with Crippen molar-refractivity contribution >= 4 is 9.84 Å². The number of hydrogen-bond acceptors (Lipinski definition) is 4. The summed E-state index contributed by atoms with van der Waals surface area (Å²) in [7, 11) is -3.07. The zero-order valence-electron chi connectivity index (χ0n) is 12.6. The van der Waals surface area contributed by atoms with Crippen molar-refractivity contribution in [2.24, 2.45) is 0 Å². The molecule has 0 rings (SSSR count). The summed E-state index contributed by atoms with van der Waals surface area (Å²) in [6.45, 7) is 11.9. The Balaban J connectivity index is 4.17. The topological polar surface area (TPSA) is 66.4 Å². The lowest BCUT2D eigenvalue weighted by Gasteiger charge is -2.27. The summed E-state index contributed by atoms with van der Waals surface area (Å²) >= 11 is 0. The molecule has 18 heavy (non-hydrogen) atoms. The second-order valence-electron chi connectivity index (χ2n) is 6.59. The van der Waals surface area contributed by atoms with Crippen LogP contribution in [-0.2, 0) is 9.84 Å². The van der Waals surface area contributed by atoms with E-state index in [1.54, 1.807) is 20.8 Å². The largest absolute Gasteiger partial charge is 0.390 e. The van der Waals surface area contributed by atoms with Gasteiger partial charge in [0.2, 0.25) is 0 Å². The average molecular weight is 279 g/mol. The summed E-state index contributed by atoms with van der Waals surface area (Å²) in [6.07, 6.45) is 0.844. The van der Waals surface area contributed by atoms with E-state index in [1.807, 2.05) is 0 Å². The number of sulfone groups is 1. The number of rotatable bonds is 7. The van der Waals surface area contributed by atoms with Crippen molar-refractivity contribution in [2.45, 2.75) is 70.8 Å². The van der Waals surface area contributed by atoms with Crippen LogP contribution in [0.1, 0.15) is 54.4 Å². The minimum Gasteiger partial charge on any atom is -0.390 e. The van der Waals surface area contributed by atoms with Crippen molar-refractivity contribution in [2.75, 3.05) is 12.3 Å². The fourth-order valence-electron chi connectivity index (χ4n) is 1.43. The Morgan fingerprint density at radius 3 is 2.00 bits per heavy atom. The van der Waals surface area contributed by atoms with Crippen LogP contribution >= 0.6 is 0 Å². The highest BCUT2D eigenvalue weighted by Crippen LogP contribution is 2.17. The van der Waals surface area contributed by atoms with Gasteiger partial charge in [-0.15, -0.1) is 0 Å². The maximum atomic E-state index is 11.7. The standard InChI is InChI=1S/C13H29NO3S/c1-11(2)18(16,17)10-8-13(6,15)7-9-14-12(3,4)5/h11,14-15H,7-10H2,1-6H3. The summed E-state index contributed by atoms with van der Waals surface area (Å²) in [5.41, 5.74) is -0.916. The van der Waals surface area contributed by atoms with E-state index >= 15 is 0 Å². The van der Waals surface area contributed by atoms with Gasteiger partial charge in [0.1, 0.15) is 0 Å². The first-order valence-corrected chi connectivity index (χ1v) is 8.26. The Labute approximate surface area is 112 Å². The lowest BCUT2D eigenvalue weighted by molar-refractivity contribution is 0.0464. The van der Waals surface area contributed by atoms with Crippen molar-refractivity contribution in [3.8, 4) is 0 Å². The van der Waals surface area contributed by atoms with Gasteiger partial charge in [0.25, 0.3) is 0 Å². The number of aliphatic hydroxyl groups is 1. The highest BCUT2D eigenvalue weighted by molar-refractivity contribution is 7.91. The molecule has 0 saturated heterocycles. The molecule has 0 bridgehead atoms. The van der Waals surface area contributed by atoms with E-state index in [1.165, 1.54) is 0 Å². The van der Waals surface area contributed by atoms with Gasteiger partial charge in [-0.3, -0.25) is 0 Å². The molecule has 0 saturated carbocycles. The predicted molar refractivity (Wildman–Crippen MR) is 76.5 cm³/mol. The van der Waals surface area contributed by atoms with Gasteiger partial charge < -0.3 is 10.4 Å². The van der Waals surface area contributed by atoms with E-state index in [-0.39, 0.29) is 16.5 Å². The average Bonchev–Trinajstić information content (AvgIpc) is 2.12. The molecular formula is C13H29NO3S. The highest BCUT2D eigenvalue weighted by atomic mass is 32.2. The third kappa shape index (κ3) is 8.06. The summed E-state index contributed by atoms with van der Waals surface area (Å²) < 4.78 is 23.4. The molecule has 0 aromatic heterocycles. The predicted octanol–water partition coefficient (Wildman–Crippen LogP) is 1.73. The van der Waals surface area contributed by atoms with Gasteiger partial charge in [0.15, 0.2) is 9.84 Å². The van der Waals surface area contributed by atoms with Gasteiger partial charge in [0.05, 0.1) is 16.6 Å². The van der Waals surface area contributed by atoms with Gasteiger partial charge in [-0.05, 0) is 60.9 Å². The Kier molecular flexibility index (Phi) is 6.30. The lowest BCUT2D eigenvalue weighted by atomic mass is 9.98. The molecule has 0 aliphatic carbocycles. The molecule has 0 spiro atoms. The number of nitrogens with one attached hydrogen (secondary N) is 1. The molecule has 0 heterocycles. The SMILES string of the molecule is CC(C)S(=O)(=O)CCC(C)(O)CCNC(C)(C)C. The zero-order chi connectivity index (χ0) is 14.6. The molecule has 2 N–H and O–H groups in total. The second-order valence-corrected chi connectivity index (χ2v) is 9.27. The van der Waals surface area contributed by atoms with Crippen LogP contribution in [0, 0.1) is 0 Å². The van der Waals surface area contributed by atoms with Crippen molar-refractivity contribution in [1.82, 2.24) is 5.32 Å². The van der Waals surface area contributed by atoms with E-state index in [0.717, 1.165) is 0 Å². The zero-order valence-corrected chi connectivity index (χ0v) is 13.4. The molecule has 5 heteroatoms. The highest BCUT2D eigenvalue weighted by Gasteiger charge is 2.25. The first kappa shape index (κ1) is 17.9. The Bertz CT molecular complexity index is 340. The van der Waals surface area contributed by atoms with Gasteiger partial charge in [-0.1, -0.05) is 0 Å². The van der Waals surface area contributed by atoms with E-state index in [0.29, 0.717) is 19.4 Å². The van der Waals surface area contributed by atoms with Crippen molar-refractivity contribution < 1.29 is 13.5 Å². The molecular weight excluding hydrogens is 250 g/mol. The van der Waals surface area contributed by atoms with Crippen LogP contribution in [0.25, 0.3) is 0 Å². The molecule has 0 fully saturated rings. The van der Waals surface area contributed by atoms with E-state index in [2.05, 4.69) is 26.1 Å². The lowest BCUT2D eigenvalue weighted by Crippen LogP contribution is -2.40. The third-order valence-corrected chi connectivity index (χ3v) is 5.17. The van der Waals surface area contributed by atoms with Gasteiger partial charge in [0, 0.05) is 5.54 Å². The molecule has 1 atom stereocenters. The first-order chi connectivity index (χ1) is 7.86. The molecule has 0 amide bonds. The van der Waals surface area contributed by atoms with Crippen LogP contribution in [0.4, 0.5) is 0 Å². The normalized spacial score (nSPS) is 16.9. The van der Waals surface area contributed by atoms with Crippen LogP contribution in [0.5, 0.6) is 0 Å². The summed E-state index contributed by atoms with van der Waals surface area (Å²) in [5.74, 6) is 0.0488. The van der Waals surface area contributed by atoms with Crippen LogP contribution in [0.3, 0.4) is 0 Å². The maximum Gasteiger partial charge on any atom is 0.152 e. The minimum absolute atomic E-state index is 0.0140. The summed E-state index contributed by atoms with van der Waals surface area (Å²) in [5, 5.41) is 13.1. The molecule has 0 aliphatic heterocycles. The monoisotopic (exact) mass is 279 g/mol. The maximum absolute atomic E-state index is 11.7. The summed E-state index contributed by atoms with van der Waals surface area (Å²) in [4.78, 5) is 0. The fraction of sp³-hybridized carbons (Fsp3) is 1.00. The van der Waals surface area contributed by atoms with Crippen LogP contribution in [0.2, 0.25) is 0 Å². The van der Waals surface area contributed by atoms with Gasteiger partial charge in [-0.25, -0.2) is 8.42 Å². The molecule has 0 aromatic rings. The Hall–Kier alpha value is -0.130. The van der Waals surface area contributed by atoms with E-state index < -0.39 is 15.4 Å². The van der Waals surface area contributed by atoms with E-state index in [9.17, 15) is 13.5 Å². The van der Waals surface area contributed by atoms with Crippen LogP contribution in [0.15, 0.2) is 0 Å². The Morgan fingerprint density at radius 2 is 1.61 bits per heavy atom. The van der Waals surface area contributed by atoms with Crippen LogP contribution in [-0.4, -0.2) is 42.2 Å². The van der Waals surface area contributed by atoms with Crippen molar-refractivity contribution in [1.29, 1.82) is 0 Å². The molecule has 0 aromatic carbocycles. The van der Waals surface area contributed by atoms with Crippen molar-refractivity contribution in [3.05, 3.63) is 0 Å². The fourth-order valence-corrected chi connectivity index (χ4v) is 2.63. The smallest absolute Gasteiger partial charge is 0.152 e. The molecule has 110 valence electrons. The summed E-state index contributed by atoms with van der Waals surface area (Å²) in [6, 6.07) is 0. The van der Waals surface area contributed by atoms with E-state index in [4.69, 9.17) is 0 Å². The number of hydrogen-bond donors (Lipinski definition) is 2. The molecule has 1 unspecified atom stereocenters. The molecule has 0 radical (unpaired) electrons. The van der Waals surface area contributed by atoms with Crippen molar-refractivity contribution in [3.63, 3.8) is 0 Å². The Morgan fingerprint density at radius 1 is 1.11 bits per heavy atom.